The Morgan fingerprint density at radius 3 is 2.44 bits per heavy atom. The summed E-state index contributed by atoms with van der Waals surface area (Å²) in [5.41, 5.74) is 0.203. The van der Waals surface area contributed by atoms with Crippen molar-refractivity contribution >= 4 is 17.5 Å². The van der Waals surface area contributed by atoms with Crippen molar-refractivity contribution in [3.8, 4) is 29.7 Å². The van der Waals surface area contributed by atoms with Crippen LogP contribution >= 0.6 is 11.6 Å². The van der Waals surface area contributed by atoms with E-state index in [2.05, 4.69) is 11.4 Å². The number of methoxy groups -OCH3 is 2. The Morgan fingerprint density at radius 1 is 1.24 bits per heavy atom. The summed E-state index contributed by atoms with van der Waals surface area (Å²) in [6.45, 7) is 0. The third-order valence-corrected chi connectivity index (χ3v) is 4.33. The Hall–Kier alpha value is -3.21. The highest BCUT2D eigenvalue weighted by molar-refractivity contribution is 6.33. The number of hydrogen-bond donors (Lipinski definition) is 1. The highest BCUT2D eigenvalue weighted by atomic mass is 35.5. The number of nitriles is 3. The molecule has 1 heterocycles. The second kappa shape index (κ2) is 7.57. The zero-order valence-corrected chi connectivity index (χ0v) is 14.2. The molecule has 1 aliphatic rings. The summed E-state index contributed by atoms with van der Waals surface area (Å²) in [5, 5.41) is 30.4. The first-order valence-electron chi connectivity index (χ1n) is 7.16. The molecule has 0 saturated carbocycles. The van der Waals surface area contributed by atoms with E-state index in [0.717, 1.165) is 0 Å². The van der Waals surface area contributed by atoms with Gasteiger partial charge in [-0.2, -0.15) is 15.8 Å². The van der Waals surface area contributed by atoms with Crippen LogP contribution in [0.4, 0.5) is 0 Å². The Bertz CT molecular complexity index is 858. The summed E-state index contributed by atoms with van der Waals surface area (Å²) in [6, 6.07) is 8.75. The summed E-state index contributed by atoms with van der Waals surface area (Å²) in [7, 11) is 2.89. The highest BCUT2D eigenvalue weighted by Gasteiger charge is 2.38. The molecule has 0 bridgehead atoms. The normalized spacial score (nSPS) is 19.0. The van der Waals surface area contributed by atoms with E-state index in [1.54, 1.807) is 24.3 Å². The van der Waals surface area contributed by atoms with Crippen LogP contribution in [0.25, 0.3) is 0 Å². The van der Waals surface area contributed by atoms with E-state index in [1.165, 1.54) is 14.2 Å². The lowest BCUT2D eigenvalue weighted by Gasteiger charge is -2.30. The maximum atomic E-state index is 12.1. The molecule has 25 heavy (non-hydrogen) atoms. The van der Waals surface area contributed by atoms with Crippen molar-refractivity contribution < 1.29 is 14.3 Å². The number of halogens is 1. The van der Waals surface area contributed by atoms with Gasteiger partial charge in [0, 0.05) is 12.3 Å². The molecular weight excluding hydrogens is 344 g/mol. The van der Waals surface area contributed by atoms with Gasteiger partial charge < -0.3 is 14.8 Å². The second-order valence-electron chi connectivity index (χ2n) is 5.18. The molecule has 0 aliphatic carbocycles. The number of hydrogen-bond acceptors (Lipinski definition) is 6. The molecule has 1 aromatic carbocycles. The van der Waals surface area contributed by atoms with Gasteiger partial charge in [0.25, 0.3) is 0 Å². The fraction of sp³-hybridized carbons (Fsp3) is 0.294. The fourth-order valence-corrected chi connectivity index (χ4v) is 3.17. The van der Waals surface area contributed by atoms with Gasteiger partial charge in [-0.25, -0.2) is 0 Å². The minimum absolute atomic E-state index is 0.000369. The number of ether oxygens (including phenoxy) is 2. The molecule has 2 atom stereocenters. The van der Waals surface area contributed by atoms with E-state index in [0.29, 0.717) is 11.3 Å². The summed E-state index contributed by atoms with van der Waals surface area (Å²) in [5.74, 6) is -1.23. The molecule has 1 aromatic rings. The van der Waals surface area contributed by atoms with Crippen molar-refractivity contribution in [1.29, 1.82) is 15.8 Å². The van der Waals surface area contributed by atoms with E-state index in [-0.39, 0.29) is 28.5 Å². The van der Waals surface area contributed by atoms with Crippen molar-refractivity contribution in [3.05, 3.63) is 34.0 Å². The van der Waals surface area contributed by atoms with Crippen LogP contribution in [0.2, 0.25) is 5.02 Å². The standard InChI is InChI=1S/C17H13ClN4O3/c1-24-13-4-3-10(15(18)17(13)25-2)11-5-14(23)22-16(12(11)8-21)9(6-19)7-20/h3-4,11-12H,5H2,1-2H3,(H,22,23). The van der Waals surface area contributed by atoms with Gasteiger partial charge in [0.05, 0.1) is 36.9 Å². The fourth-order valence-electron chi connectivity index (χ4n) is 2.80. The first-order chi connectivity index (χ1) is 12.0. The summed E-state index contributed by atoms with van der Waals surface area (Å²) in [6.07, 6.45) is -0.0128. The van der Waals surface area contributed by atoms with Crippen molar-refractivity contribution in [2.75, 3.05) is 14.2 Å². The van der Waals surface area contributed by atoms with E-state index in [1.807, 2.05) is 0 Å². The van der Waals surface area contributed by atoms with E-state index in [4.69, 9.17) is 31.6 Å². The molecule has 2 rings (SSSR count). The van der Waals surface area contributed by atoms with Crippen LogP contribution in [0, 0.1) is 39.9 Å². The molecule has 1 amide bonds. The number of rotatable bonds is 3. The maximum Gasteiger partial charge on any atom is 0.224 e. The molecule has 0 spiro atoms. The van der Waals surface area contributed by atoms with Crippen LogP contribution in [0.3, 0.4) is 0 Å². The second-order valence-corrected chi connectivity index (χ2v) is 5.56. The molecule has 126 valence electrons. The summed E-state index contributed by atoms with van der Waals surface area (Å²) >= 11 is 6.40. The zero-order valence-electron chi connectivity index (χ0n) is 13.5. The van der Waals surface area contributed by atoms with Crippen LogP contribution in [0.5, 0.6) is 11.5 Å². The topological polar surface area (TPSA) is 119 Å². The number of allylic oxidation sites excluding steroid dienone is 2. The molecule has 8 heteroatoms. The van der Waals surface area contributed by atoms with E-state index < -0.39 is 17.7 Å². The van der Waals surface area contributed by atoms with E-state index >= 15 is 0 Å². The quantitative estimate of drug-likeness (QED) is 0.830. The average molecular weight is 357 g/mol. The molecule has 7 nitrogen and oxygen atoms in total. The molecule has 1 fully saturated rings. The van der Waals surface area contributed by atoms with Crippen LogP contribution < -0.4 is 14.8 Å². The van der Waals surface area contributed by atoms with Gasteiger partial charge in [-0.15, -0.1) is 0 Å². The number of piperidine rings is 1. The highest BCUT2D eigenvalue weighted by Crippen LogP contribution is 2.45. The third kappa shape index (κ3) is 3.21. The van der Waals surface area contributed by atoms with Crippen LogP contribution in [-0.2, 0) is 4.79 Å². The number of nitrogens with one attached hydrogen (secondary N) is 1. The Morgan fingerprint density at radius 2 is 1.92 bits per heavy atom. The Labute approximate surface area is 149 Å². The van der Waals surface area contributed by atoms with Crippen molar-refractivity contribution in [2.45, 2.75) is 12.3 Å². The van der Waals surface area contributed by atoms with Gasteiger partial charge in [0.2, 0.25) is 5.91 Å². The third-order valence-electron chi connectivity index (χ3n) is 3.94. The van der Waals surface area contributed by atoms with Gasteiger partial charge >= 0.3 is 0 Å². The molecule has 2 unspecified atom stereocenters. The smallest absolute Gasteiger partial charge is 0.224 e. The molecular formula is C17H13ClN4O3. The SMILES string of the molecule is COc1ccc(C2CC(=O)NC(=C(C#N)C#N)C2C#N)c(Cl)c1OC. The first kappa shape index (κ1) is 18.1. The van der Waals surface area contributed by atoms with Crippen molar-refractivity contribution in [2.24, 2.45) is 5.92 Å². The molecule has 1 N–H and O–H groups in total. The molecule has 1 aliphatic heterocycles. The van der Waals surface area contributed by atoms with Crippen LogP contribution in [0.15, 0.2) is 23.4 Å². The van der Waals surface area contributed by atoms with Crippen LogP contribution in [-0.4, -0.2) is 20.1 Å². The number of carbonyl (C=O) groups is 1. The first-order valence-corrected chi connectivity index (χ1v) is 7.54. The van der Waals surface area contributed by atoms with Crippen LogP contribution in [0.1, 0.15) is 17.9 Å². The van der Waals surface area contributed by atoms with Gasteiger partial charge in [-0.3, -0.25) is 4.79 Å². The number of carbonyl (C=O) groups excluding carboxylic acids is 1. The lowest BCUT2D eigenvalue weighted by atomic mass is 9.78. The van der Waals surface area contributed by atoms with Crippen molar-refractivity contribution in [1.82, 2.24) is 5.32 Å². The average Bonchev–Trinajstić information content (AvgIpc) is 2.62. The Balaban J connectivity index is 2.64. The lowest BCUT2D eigenvalue weighted by molar-refractivity contribution is -0.122. The van der Waals surface area contributed by atoms with Gasteiger partial charge in [0.1, 0.15) is 17.7 Å². The predicted octanol–water partition coefficient (Wildman–Crippen LogP) is 2.40. The number of amides is 1. The number of benzene rings is 1. The van der Waals surface area contributed by atoms with Crippen molar-refractivity contribution in [3.63, 3.8) is 0 Å². The Kier molecular flexibility index (Phi) is 5.49. The molecule has 1 saturated heterocycles. The summed E-state index contributed by atoms with van der Waals surface area (Å²) in [4.78, 5) is 12.1. The van der Waals surface area contributed by atoms with Gasteiger partial charge in [0.15, 0.2) is 11.5 Å². The molecule has 0 aromatic heterocycles. The minimum atomic E-state index is -0.900. The largest absolute Gasteiger partial charge is 0.493 e. The lowest BCUT2D eigenvalue weighted by Crippen LogP contribution is -2.38. The summed E-state index contributed by atoms with van der Waals surface area (Å²) < 4.78 is 10.4. The monoisotopic (exact) mass is 356 g/mol. The zero-order chi connectivity index (χ0) is 18.6. The number of nitrogens with zero attached hydrogens (tertiary/aromatic N) is 3. The predicted molar refractivity (Wildman–Crippen MR) is 87.4 cm³/mol. The van der Waals surface area contributed by atoms with Gasteiger partial charge in [-0.1, -0.05) is 17.7 Å². The molecule has 0 radical (unpaired) electrons. The minimum Gasteiger partial charge on any atom is -0.493 e. The van der Waals surface area contributed by atoms with Gasteiger partial charge in [-0.05, 0) is 11.6 Å². The maximum absolute atomic E-state index is 12.1. The van der Waals surface area contributed by atoms with E-state index in [9.17, 15) is 10.1 Å².